The van der Waals surface area contributed by atoms with Crippen molar-refractivity contribution in [1.82, 2.24) is 20.6 Å². The van der Waals surface area contributed by atoms with Gasteiger partial charge in [0.25, 0.3) is 0 Å². The molecule has 0 unspecified atom stereocenters. The lowest BCUT2D eigenvalue weighted by molar-refractivity contribution is 0.146. The first-order valence-electron chi connectivity index (χ1n) is 5.86. The number of nitrogens with zero attached hydrogens (tertiary/aromatic N) is 1. The molecule has 1 rings (SSSR count). The van der Waals surface area contributed by atoms with Crippen LogP contribution in [0.2, 0.25) is 0 Å². The van der Waals surface area contributed by atoms with E-state index in [1.807, 2.05) is 13.1 Å². The SMILES string of the molecule is CCOC(=O)NC(=O)NC(=O)OCC.Cc1c[nH]cn1. The molecule has 9 nitrogen and oxygen atoms in total. The number of aromatic amines is 1. The van der Waals surface area contributed by atoms with E-state index >= 15 is 0 Å². The molecule has 3 N–H and O–H groups in total. The van der Waals surface area contributed by atoms with Gasteiger partial charge >= 0.3 is 18.2 Å². The van der Waals surface area contributed by atoms with E-state index in [0.717, 1.165) is 5.69 Å². The van der Waals surface area contributed by atoms with Crippen molar-refractivity contribution in [3.05, 3.63) is 18.2 Å². The first-order valence-corrected chi connectivity index (χ1v) is 5.86. The van der Waals surface area contributed by atoms with Gasteiger partial charge in [-0.15, -0.1) is 0 Å². The maximum Gasteiger partial charge on any atom is 0.415 e. The number of H-pyrrole nitrogens is 1. The van der Waals surface area contributed by atoms with Gasteiger partial charge in [-0.05, 0) is 20.8 Å². The molecule has 0 atom stereocenters. The average Bonchev–Trinajstić information content (AvgIpc) is 2.81. The highest BCUT2D eigenvalue weighted by molar-refractivity contribution is 5.98. The van der Waals surface area contributed by atoms with E-state index in [2.05, 4.69) is 19.4 Å². The van der Waals surface area contributed by atoms with Crippen molar-refractivity contribution in [2.45, 2.75) is 20.8 Å². The number of rotatable bonds is 2. The van der Waals surface area contributed by atoms with Crippen LogP contribution in [0.3, 0.4) is 0 Å². The van der Waals surface area contributed by atoms with Gasteiger partial charge in [0.05, 0.1) is 25.2 Å². The topological polar surface area (TPSA) is 122 Å². The van der Waals surface area contributed by atoms with E-state index in [0.29, 0.717) is 0 Å². The zero-order valence-electron chi connectivity index (χ0n) is 11.6. The second kappa shape index (κ2) is 10.4. The zero-order valence-corrected chi connectivity index (χ0v) is 11.6. The van der Waals surface area contributed by atoms with Gasteiger partial charge < -0.3 is 14.5 Å². The molecular weight excluding hydrogens is 268 g/mol. The fraction of sp³-hybridized carbons (Fsp3) is 0.455. The second-order valence-corrected chi connectivity index (χ2v) is 3.23. The van der Waals surface area contributed by atoms with Crippen LogP contribution >= 0.6 is 0 Å². The normalized spacial score (nSPS) is 8.75. The van der Waals surface area contributed by atoms with Gasteiger partial charge in [-0.3, -0.25) is 0 Å². The van der Waals surface area contributed by atoms with E-state index in [1.165, 1.54) is 0 Å². The number of carbonyl (C=O) groups is 3. The third-order valence-electron chi connectivity index (χ3n) is 1.62. The molecule has 0 saturated heterocycles. The van der Waals surface area contributed by atoms with Crippen LogP contribution in [0.5, 0.6) is 0 Å². The summed E-state index contributed by atoms with van der Waals surface area (Å²) in [5.74, 6) is 0. The third kappa shape index (κ3) is 9.45. The summed E-state index contributed by atoms with van der Waals surface area (Å²) in [5, 5.41) is 3.52. The molecule has 0 aromatic carbocycles. The van der Waals surface area contributed by atoms with Crippen molar-refractivity contribution in [2.75, 3.05) is 13.2 Å². The standard InChI is InChI=1S/C7H12N2O5.C4H6N2/c1-3-13-6(11)8-5(10)9-7(12)14-4-2;1-4-2-5-3-6-4/h3-4H2,1-2H3,(H2,8,9,10,11,12);2-3H,1H3,(H,5,6). The predicted molar refractivity (Wildman–Crippen MR) is 69.0 cm³/mol. The molecule has 0 spiro atoms. The smallest absolute Gasteiger partial charge is 0.415 e. The highest BCUT2D eigenvalue weighted by Gasteiger charge is 2.11. The molecule has 4 amide bonds. The van der Waals surface area contributed by atoms with E-state index in [9.17, 15) is 14.4 Å². The largest absolute Gasteiger partial charge is 0.450 e. The minimum absolute atomic E-state index is 0.137. The third-order valence-corrected chi connectivity index (χ3v) is 1.62. The fourth-order valence-corrected chi connectivity index (χ4v) is 0.885. The molecule has 0 aliphatic rings. The van der Waals surface area contributed by atoms with E-state index < -0.39 is 18.2 Å². The summed E-state index contributed by atoms with van der Waals surface area (Å²) in [6.45, 7) is 5.39. The lowest BCUT2D eigenvalue weighted by Gasteiger charge is -2.04. The number of urea groups is 1. The van der Waals surface area contributed by atoms with Gasteiger partial charge in [-0.2, -0.15) is 0 Å². The molecule has 1 heterocycles. The quantitative estimate of drug-likeness (QED) is 0.753. The van der Waals surface area contributed by atoms with Gasteiger partial charge in [-0.1, -0.05) is 0 Å². The molecule has 0 saturated carbocycles. The molecule has 0 aliphatic heterocycles. The molecule has 0 fully saturated rings. The number of carbonyl (C=O) groups excluding carboxylic acids is 3. The Morgan fingerprint density at radius 1 is 1.15 bits per heavy atom. The highest BCUT2D eigenvalue weighted by Crippen LogP contribution is 1.81. The molecule has 9 heteroatoms. The summed E-state index contributed by atoms with van der Waals surface area (Å²) < 4.78 is 8.78. The number of imide groups is 2. The van der Waals surface area contributed by atoms with Crippen molar-refractivity contribution in [3.8, 4) is 0 Å². The van der Waals surface area contributed by atoms with Gasteiger partial charge in [0.15, 0.2) is 0 Å². The van der Waals surface area contributed by atoms with Crippen LogP contribution in [-0.4, -0.2) is 41.4 Å². The Hall–Kier alpha value is -2.58. The maximum atomic E-state index is 10.8. The van der Waals surface area contributed by atoms with Crippen LogP contribution in [0, 0.1) is 6.92 Å². The number of imidazole rings is 1. The zero-order chi connectivity index (χ0) is 15.4. The summed E-state index contributed by atoms with van der Waals surface area (Å²) in [5.41, 5.74) is 1.04. The molecule has 0 aliphatic carbocycles. The number of alkyl carbamates (subject to hydrolysis) is 2. The van der Waals surface area contributed by atoms with Crippen LogP contribution in [0.4, 0.5) is 14.4 Å². The van der Waals surface area contributed by atoms with Crippen molar-refractivity contribution in [3.63, 3.8) is 0 Å². The Morgan fingerprint density at radius 2 is 1.65 bits per heavy atom. The predicted octanol–water partition coefficient (Wildman–Crippen LogP) is 1.32. The number of ether oxygens (including phenoxy) is 2. The summed E-state index contributed by atoms with van der Waals surface area (Å²) in [7, 11) is 0. The monoisotopic (exact) mass is 286 g/mol. The number of hydrogen-bond acceptors (Lipinski definition) is 6. The summed E-state index contributed by atoms with van der Waals surface area (Å²) in [4.78, 5) is 38.8. The summed E-state index contributed by atoms with van der Waals surface area (Å²) in [6, 6.07) is -0.984. The number of aryl methyl sites for hydroxylation is 1. The van der Waals surface area contributed by atoms with Crippen molar-refractivity contribution in [2.24, 2.45) is 0 Å². The minimum Gasteiger partial charge on any atom is -0.450 e. The van der Waals surface area contributed by atoms with Gasteiger partial charge in [-0.25, -0.2) is 30.0 Å². The van der Waals surface area contributed by atoms with Crippen molar-refractivity contribution >= 4 is 18.2 Å². The first kappa shape index (κ1) is 17.4. The van der Waals surface area contributed by atoms with Crippen LogP contribution in [0.15, 0.2) is 12.5 Å². The second-order valence-electron chi connectivity index (χ2n) is 3.23. The number of nitrogens with one attached hydrogen (secondary N) is 3. The lowest BCUT2D eigenvalue weighted by atomic mass is 10.6. The lowest BCUT2D eigenvalue weighted by Crippen LogP contribution is -2.42. The molecule has 0 radical (unpaired) electrons. The fourth-order valence-electron chi connectivity index (χ4n) is 0.885. The number of hydrogen-bond donors (Lipinski definition) is 3. The Kier molecular flexibility index (Phi) is 9.02. The Labute approximate surface area is 116 Å². The molecule has 112 valence electrons. The number of aromatic nitrogens is 2. The van der Waals surface area contributed by atoms with Gasteiger partial charge in [0, 0.05) is 6.20 Å². The molecule has 0 bridgehead atoms. The van der Waals surface area contributed by atoms with Crippen LogP contribution in [0.1, 0.15) is 19.5 Å². The molecule has 1 aromatic rings. The van der Waals surface area contributed by atoms with Crippen molar-refractivity contribution < 1.29 is 23.9 Å². The van der Waals surface area contributed by atoms with Gasteiger partial charge in [0.1, 0.15) is 0 Å². The number of amides is 4. The Balaban J connectivity index is 0.000000493. The molecular formula is C11H18N4O5. The van der Waals surface area contributed by atoms with Crippen LogP contribution in [-0.2, 0) is 9.47 Å². The Morgan fingerprint density at radius 3 is 1.90 bits per heavy atom. The average molecular weight is 286 g/mol. The maximum absolute atomic E-state index is 10.8. The van der Waals surface area contributed by atoms with E-state index in [4.69, 9.17) is 0 Å². The minimum atomic E-state index is -0.984. The molecule has 20 heavy (non-hydrogen) atoms. The molecule has 1 aromatic heterocycles. The summed E-state index contributed by atoms with van der Waals surface area (Å²) in [6.07, 6.45) is 1.67. The Bertz CT molecular complexity index is 396. The highest BCUT2D eigenvalue weighted by atomic mass is 16.6. The van der Waals surface area contributed by atoms with Crippen LogP contribution in [0.25, 0.3) is 0 Å². The van der Waals surface area contributed by atoms with Gasteiger partial charge in [0.2, 0.25) is 0 Å². The van der Waals surface area contributed by atoms with Crippen LogP contribution < -0.4 is 10.6 Å². The first-order chi connectivity index (χ1) is 9.49. The van der Waals surface area contributed by atoms with Crippen molar-refractivity contribution in [1.29, 1.82) is 0 Å². The van der Waals surface area contributed by atoms with E-state index in [1.54, 1.807) is 30.8 Å². The van der Waals surface area contributed by atoms with E-state index in [-0.39, 0.29) is 13.2 Å². The summed E-state index contributed by atoms with van der Waals surface area (Å²) >= 11 is 0.